The Morgan fingerprint density at radius 2 is 2.18 bits per heavy atom. The molecule has 1 nitrogen and oxygen atoms in total. The van der Waals surface area contributed by atoms with Crippen LogP contribution in [0.25, 0.3) is 0 Å². The van der Waals surface area contributed by atoms with E-state index in [0.29, 0.717) is 16.2 Å². The molecular formula is C5H3BF3NS. The third-order valence-corrected chi connectivity index (χ3v) is 2.06. The summed E-state index contributed by atoms with van der Waals surface area (Å²) >= 11 is 0.579. The smallest absolute Gasteiger partial charge is 0.240 e. The number of thiazole rings is 1. The molecule has 6 heteroatoms. The van der Waals surface area contributed by atoms with Crippen molar-refractivity contribution in [2.75, 3.05) is 0 Å². The van der Waals surface area contributed by atoms with E-state index in [1.54, 1.807) is 0 Å². The van der Waals surface area contributed by atoms with Crippen molar-refractivity contribution < 1.29 is 13.2 Å². The highest BCUT2D eigenvalue weighted by atomic mass is 32.1. The lowest BCUT2D eigenvalue weighted by Crippen LogP contribution is -2.02. The summed E-state index contributed by atoms with van der Waals surface area (Å²) in [6.45, 7) is 0. The van der Waals surface area contributed by atoms with Crippen LogP contribution in [0.3, 0.4) is 0 Å². The first-order chi connectivity index (χ1) is 5.04. The molecule has 0 amide bonds. The van der Waals surface area contributed by atoms with Gasteiger partial charge in [-0.25, -0.2) is 4.98 Å². The van der Waals surface area contributed by atoms with Crippen molar-refractivity contribution in [1.29, 1.82) is 0 Å². The zero-order valence-corrected chi connectivity index (χ0v) is 6.17. The Balaban J connectivity index is 2.89. The first-order valence-electron chi connectivity index (χ1n) is 2.76. The van der Waals surface area contributed by atoms with Crippen LogP contribution in [0.2, 0.25) is 0 Å². The van der Waals surface area contributed by atoms with Crippen molar-refractivity contribution in [3.8, 4) is 0 Å². The van der Waals surface area contributed by atoms with Gasteiger partial charge in [0.15, 0.2) is 5.01 Å². The minimum Gasteiger partial charge on any atom is -0.240 e. The largest absolute Gasteiger partial charge is 0.443 e. The van der Waals surface area contributed by atoms with Crippen LogP contribution in [0.4, 0.5) is 13.2 Å². The monoisotopic (exact) mass is 177 g/mol. The van der Waals surface area contributed by atoms with E-state index in [1.807, 2.05) is 0 Å². The first-order valence-corrected chi connectivity index (χ1v) is 3.57. The quantitative estimate of drug-likeness (QED) is 0.596. The summed E-state index contributed by atoms with van der Waals surface area (Å²) in [7, 11) is 5.11. The van der Waals surface area contributed by atoms with Crippen molar-refractivity contribution in [2.24, 2.45) is 0 Å². The highest BCUT2D eigenvalue weighted by Crippen LogP contribution is 2.32. The van der Waals surface area contributed by atoms with Crippen LogP contribution in [0.1, 0.15) is 9.88 Å². The van der Waals surface area contributed by atoms with Crippen LogP contribution in [-0.2, 0) is 12.5 Å². The van der Waals surface area contributed by atoms with Crippen molar-refractivity contribution in [3.05, 3.63) is 16.1 Å². The average Bonchev–Trinajstić information content (AvgIpc) is 2.32. The number of hydrogen-bond donors (Lipinski definition) is 0. The summed E-state index contributed by atoms with van der Waals surface area (Å²) in [5, 5.41) is -0.835. The van der Waals surface area contributed by atoms with Gasteiger partial charge < -0.3 is 0 Å². The van der Waals surface area contributed by atoms with Gasteiger partial charge in [0.25, 0.3) is 0 Å². The van der Waals surface area contributed by atoms with E-state index in [1.165, 1.54) is 0 Å². The van der Waals surface area contributed by atoms with Gasteiger partial charge in [-0.05, 0) is 0 Å². The molecular weight excluding hydrogens is 174 g/mol. The molecule has 2 radical (unpaired) electrons. The van der Waals surface area contributed by atoms with Gasteiger partial charge in [0.05, 0.1) is 7.85 Å². The number of nitrogens with zero attached hydrogens (tertiary/aromatic N) is 1. The Morgan fingerprint density at radius 3 is 2.45 bits per heavy atom. The van der Waals surface area contributed by atoms with Gasteiger partial charge in [-0.2, -0.15) is 13.2 Å². The van der Waals surface area contributed by atoms with E-state index in [9.17, 15) is 13.2 Å². The van der Waals surface area contributed by atoms with Crippen molar-refractivity contribution >= 4 is 19.2 Å². The molecule has 0 N–H and O–H groups in total. The number of aromatic nitrogens is 1. The summed E-state index contributed by atoms with van der Waals surface area (Å²) in [6, 6.07) is 0. The maximum Gasteiger partial charge on any atom is 0.443 e. The SMILES string of the molecule is [B]Cc1cnc(C(F)(F)F)s1. The maximum atomic E-state index is 11.8. The van der Waals surface area contributed by atoms with Crippen LogP contribution in [0.15, 0.2) is 6.20 Å². The summed E-state index contributed by atoms with van der Waals surface area (Å²) in [4.78, 5) is 3.61. The van der Waals surface area contributed by atoms with Gasteiger partial charge in [-0.1, -0.05) is 6.32 Å². The van der Waals surface area contributed by atoms with Crippen molar-refractivity contribution in [2.45, 2.75) is 12.5 Å². The third-order valence-electron chi connectivity index (χ3n) is 0.997. The molecule has 1 aromatic rings. The van der Waals surface area contributed by atoms with Gasteiger partial charge in [0.1, 0.15) is 0 Å². The molecule has 0 aliphatic carbocycles. The summed E-state index contributed by atoms with van der Waals surface area (Å²) in [5.74, 6) is 0. The second kappa shape index (κ2) is 2.85. The maximum absolute atomic E-state index is 11.8. The summed E-state index contributed by atoms with van der Waals surface area (Å²) in [6.07, 6.45) is -3.08. The molecule has 1 heterocycles. The fourth-order valence-corrected chi connectivity index (χ4v) is 1.19. The van der Waals surface area contributed by atoms with Gasteiger partial charge in [-0.15, -0.1) is 11.3 Å². The first kappa shape index (κ1) is 8.58. The molecule has 0 saturated carbocycles. The van der Waals surface area contributed by atoms with E-state index in [2.05, 4.69) is 4.98 Å². The summed E-state index contributed by atoms with van der Waals surface area (Å²) in [5.41, 5.74) is 0. The van der Waals surface area contributed by atoms with E-state index in [4.69, 9.17) is 7.85 Å². The zero-order chi connectivity index (χ0) is 8.48. The van der Waals surface area contributed by atoms with Crippen LogP contribution >= 0.6 is 11.3 Å². The number of rotatable bonds is 1. The second-order valence-electron chi connectivity index (χ2n) is 1.83. The Hall–Kier alpha value is -0.515. The van der Waals surface area contributed by atoms with Crippen LogP contribution in [0.5, 0.6) is 0 Å². The minimum atomic E-state index is -4.34. The van der Waals surface area contributed by atoms with Crippen LogP contribution < -0.4 is 0 Å². The number of alkyl halides is 3. The standard InChI is InChI=1S/C5H3BF3NS/c6-1-3-2-10-4(11-3)5(7,8)9/h2H,1H2. The Labute approximate surface area is 66.7 Å². The van der Waals surface area contributed by atoms with Crippen molar-refractivity contribution in [3.63, 3.8) is 0 Å². The fraction of sp³-hybridized carbons (Fsp3) is 0.400. The molecule has 0 unspecified atom stereocenters. The molecule has 0 bridgehead atoms. The number of hydrogen-bond acceptors (Lipinski definition) is 2. The average molecular weight is 177 g/mol. The molecule has 0 fully saturated rings. The van der Waals surface area contributed by atoms with Crippen LogP contribution in [-0.4, -0.2) is 12.8 Å². The van der Waals surface area contributed by atoms with E-state index in [0.717, 1.165) is 6.20 Å². The molecule has 0 aliphatic rings. The Bertz CT molecular complexity index is 244. The van der Waals surface area contributed by atoms with Gasteiger partial charge in [-0.3, -0.25) is 0 Å². The van der Waals surface area contributed by atoms with E-state index in [-0.39, 0.29) is 6.32 Å². The molecule has 0 spiro atoms. The second-order valence-corrected chi connectivity index (χ2v) is 2.95. The molecule has 11 heavy (non-hydrogen) atoms. The van der Waals surface area contributed by atoms with Gasteiger partial charge >= 0.3 is 6.18 Å². The van der Waals surface area contributed by atoms with Gasteiger partial charge in [0.2, 0.25) is 0 Å². The minimum absolute atomic E-state index is 0.105. The van der Waals surface area contributed by atoms with Crippen LogP contribution in [0, 0.1) is 0 Å². The van der Waals surface area contributed by atoms with E-state index < -0.39 is 11.2 Å². The predicted molar refractivity (Wildman–Crippen MR) is 36.6 cm³/mol. The molecule has 1 aromatic heterocycles. The Morgan fingerprint density at radius 1 is 1.55 bits per heavy atom. The zero-order valence-electron chi connectivity index (χ0n) is 5.35. The normalized spacial score (nSPS) is 11.9. The lowest BCUT2D eigenvalue weighted by atomic mass is 10.1. The molecule has 0 saturated heterocycles. The van der Waals surface area contributed by atoms with Crippen molar-refractivity contribution in [1.82, 2.24) is 4.98 Å². The summed E-state index contributed by atoms with van der Waals surface area (Å²) < 4.78 is 35.5. The lowest BCUT2D eigenvalue weighted by molar-refractivity contribution is -0.137. The molecule has 1 rings (SSSR count). The number of halogens is 3. The predicted octanol–water partition coefficient (Wildman–Crippen LogP) is 1.83. The fourth-order valence-electron chi connectivity index (χ4n) is 0.533. The molecule has 58 valence electrons. The molecule has 0 aliphatic heterocycles. The highest BCUT2D eigenvalue weighted by molar-refractivity contribution is 7.11. The van der Waals surface area contributed by atoms with Gasteiger partial charge in [0, 0.05) is 11.1 Å². The molecule has 0 atom stereocenters. The Kier molecular flexibility index (Phi) is 2.22. The lowest BCUT2D eigenvalue weighted by Gasteiger charge is -1.98. The highest BCUT2D eigenvalue weighted by Gasteiger charge is 2.34. The molecule has 0 aromatic carbocycles. The topological polar surface area (TPSA) is 12.9 Å². The third kappa shape index (κ3) is 1.96. The van der Waals surface area contributed by atoms with E-state index >= 15 is 0 Å².